The molecule has 2 aromatic rings. The van der Waals surface area contributed by atoms with Gasteiger partial charge in [0.25, 0.3) is 0 Å². The molecule has 0 bridgehead atoms. The standard InChI is InChI=1S/C19H27N5O/c1-24-12-8-15(9-13-24)25-17-5-3-2-4-16(17)19-21-18(22-23-19)14-6-10-20-11-7-14/h2-5,14-15,20H,6-13H2,1H3,(H,21,22,23). The van der Waals surface area contributed by atoms with Gasteiger partial charge >= 0.3 is 0 Å². The van der Waals surface area contributed by atoms with Crippen LogP contribution in [0.4, 0.5) is 0 Å². The maximum Gasteiger partial charge on any atom is 0.184 e. The molecular weight excluding hydrogens is 314 g/mol. The number of piperidine rings is 2. The monoisotopic (exact) mass is 341 g/mol. The molecule has 2 N–H and O–H groups in total. The fourth-order valence-electron chi connectivity index (χ4n) is 3.71. The van der Waals surface area contributed by atoms with Gasteiger partial charge in [-0.3, -0.25) is 5.10 Å². The fraction of sp³-hybridized carbons (Fsp3) is 0.579. The van der Waals surface area contributed by atoms with Gasteiger partial charge in [-0.25, -0.2) is 4.98 Å². The van der Waals surface area contributed by atoms with E-state index in [1.807, 2.05) is 18.2 Å². The second-order valence-corrected chi connectivity index (χ2v) is 7.19. The molecule has 2 saturated heterocycles. The summed E-state index contributed by atoms with van der Waals surface area (Å²) in [6.45, 7) is 4.29. The van der Waals surface area contributed by atoms with Crippen LogP contribution < -0.4 is 10.1 Å². The minimum Gasteiger partial charge on any atom is -0.490 e. The van der Waals surface area contributed by atoms with Crippen LogP contribution in [0.2, 0.25) is 0 Å². The van der Waals surface area contributed by atoms with Crippen molar-refractivity contribution in [3.63, 3.8) is 0 Å². The van der Waals surface area contributed by atoms with E-state index in [4.69, 9.17) is 9.72 Å². The molecule has 0 spiro atoms. The summed E-state index contributed by atoms with van der Waals surface area (Å²) in [6, 6.07) is 8.14. The van der Waals surface area contributed by atoms with E-state index in [1.165, 1.54) is 0 Å². The number of hydrogen-bond acceptors (Lipinski definition) is 5. The molecule has 2 fully saturated rings. The first kappa shape index (κ1) is 16.5. The third kappa shape index (κ3) is 3.85. The Morgan fingerprint density at radius 2 is 1.84 bits per heavy atom. The van der Waals surface area contributed by atoms with E-state index in [-0.39, 0.29) is 6.10 Å². The molecule has 3 heterocycles. The molecule has 0 amide bonds. The number of nitrogens with one attached hydrogen (secondary N) is 2. The zero-order chi connectivity index (χ0) is 17.1. The number of rotatable bonds is 4. The number of hydrogen-bond donors (Lipinski definition) is 2. The summed E-state index contributed by atoms with van der Waals surface area (Å²) in [5.41, 5.74) is 0.984. The molecule has 0 radical (unpaired) electrons. The van der Waals surface area contributed by atoms with Crippen LogP contribution in [-0.2, 0) is 0 Å². The number of likely N-dealkylation sites (tertiary alicyclic amines) is 1. The zero-order valence-corrected chi connectivity index (χ0v) is 14.9. The Morgan fingerprint density at radius 1 is 1.08 bits per heavy atom. The van der Waals surface area contributed by atoms with Gasteiger partial charge in [-0.1, -0.05) is 12.1 Å². The lowest BCUT2D eigenvalue weighted by atomic mass is 9.98. The van der Waals surface area contributed by atoms with E-state index < -0.39 is 0 Å². The Kier molecular flexibility index (Phi) is 4.99. The van der Waals surface area contributed by atoms with Gasteiger partial charge in [0.1, 0.15) is 17.7 Å². The summed E-state index contributed by atoms with van der Waals surface area (Å²) in [4.78, 5) is 7.14. The lowest BCUT2D eigenvalue weighted by Gasteiger charge is -2.29. The summed E-state index contributed by atoms with van der Waals surface area (Å²) in [6.07, 6.45) is 4.64. The van der Waals surface area contributed by atoms with Crippen molar-refractivity contribution in [3.8, 4) is 17.1 Å². The molecule has 0 saturated carbocycles. The van der Waals surface area contributed by atoms with Crippen LogP contribution in [0.3, 0.4) is 0 Å². The summed E-state index contributed by atoms with van der Waals surface area (Å²) >= 11 is 0. The molecule has 0 aliphatic carbocycles. The summed E-state index contributed by atoms with van der Waals surface area (Å²) in [5.74, 6) is 3.13. The second-order valence-electron chi connectivity index (χ2n) is 7.19. The average molecular weight is 341 g/mol. The van der Waals surface area contributed by atoms with Crippen LogP contribution in [0.15, 0.2) is 24.3 Å². The first-order valence-corrected chi connectivity index (χ1v) is 9.37. The molecule has 2 aliphatic heterocycles. The first-order valence-electron chi connectivity index (χ1n) is 9.37. The third-order valence-corrected chi connectivity index (χ3v) is 5.32. The van der Waals surface area contributed by atoms with Crippen LogP contribution >= 0.6 is 0 Å². The minimum absolute atomic E-state index is 0.278. The lowest BCUT2D eigenvalue weighted by Crippen LogP contribution is -2.35. The molecule has 134 valence electrons. The van der Waals surface area contributed by atoms with E-state index in [0.29, 0.717) is 5.92 Å². The van der Waals surface area contributed by atoms with Crippen molar-refractivity contribution in [3.05, 3.63) is 30.1 Å². The van der Waals surface area contributed by atoms with Crippen LogP contribution in [0.1, 0.15) is 37.4 Å². The molecular formula is C19H27N5O. The number of para-hydroxylation sites is 1. The van der Waals surface area contributed by atoms with Gasteiger partial charge in [0.15, 0.2) is 5.82 Å². The molecule has 25 heavy (non-hydrogen) atoms. The topological polar surface area (TPSA) is 66.1 Å². The smallest absolute Gasteiger partial charge is 0.184 e. The number of H-pyrrole nitrogens is 1. The lowest BCUT2D eigenvalue weighted by molar-refractivity contribution is 0.115. The summed E-state index contributed by atoms with van der Waals surface area (Å²) in [5, 5.41) is 11.0. The van der Waals surface area contributed by atoms with E-state index in [1.54, 1.807) is 0 Å². The summed E-state index contributed by atoms with van der Waals surface area (Å²) in [7, 11) is 2.17. The Hall–Kier alpha value is -1.92. The highest BCUT2D eigenvalue weighted by atomic mass is 16.5. The van der Waals surface area contributed by atoms with Gasteiger partial charge in [0.05, 0.1) is 5.56 Å². The Bertz CT molecular complexity index is 687. The number of aromatic nitrogens is 3. The Labute approximate surface area is 149 Å². The van der Waals surface area contributed by atoms with Crippen molar-refractivity contribution >= 4 is 0 Å². The highest BCUT2D eigenvalue weighted by Gasteiger charge is 2.22. The Morgan fingerprint density at radius 3 is 2.64 bits per heavy atom. The first-order chi connectivity index (χ1) is 12.3. The number of ether oxygens (including phenoxy) is 1. The number of aromatic amines is 1. The molecule has 2 aliphatic rings. The molecule has 0 unspecified atom stereocenters. The highest BCUT2D eigenvalue weighted by Crippen LogP contribution is 2.31. The van der Waals surface area contributed by atoms with Crippen molar-refractivity contribution in [2.24, 2.45) is 0 Å². The molecule has 0 atom stereocenters. The predicted molar refractivity (Wildman–Crippen MR) is 97.8 cm³/mol. The third-order valence-electron chi connectivity index (χ3n) is 5.32. The van der Waals surface area contributed by atoms with Gasteiger partial charge in [-0.05, 0) is 58.0 Å². The van der Waals surface area contributed by atoms with E-state index >= 15 is 0 Å². The Balaban J connectivity index is 1.51. The normalized spacial score (nSPS) is 20.7. The van der Waals surface area contributed by atoms with Crippen LogP contribution in [0.25, 0.3) is 11.4 Å². The van der Waals surface area contributed by atoms with Crippen LogP contribution in [-0.4, -0.2) is 59.4 Å². The number of benzene rings is 1. The van der Waals surface area contributed by atoms with Crippen molar-refractivity contribution in [1.82, 2.24) is 25.4 Å². The fourth-order valence-corrected chi connectivity index (χ4v) is 3.71. The largest absolute Gasteiger partial charge is 0.490 e. The van der Waals surface area contributed by atoms with Crippen molar-refractivity contribution in [2.75, 3.05) is 33.2 Å². The maximum atomic E-state index is 6.31. The zero-order valence-electron chi connectivity index (χ0n) is 14.9. The second kappa shape index (κ2) is 7.54. The van der Waals surface area contributed by atoms with Gasteiger partial charge in [0.2, 0.25) is 0 Å². The van der Waals surface area contributed by atoms with Gasteiger partial charge in [0, 0.05) is 19.0 Å². The van der Waals surface area contributed by atoms with Crippen molar-refractivity contribution in [2.45, 2.75) is 37.7 Å². The van der Waals surface area contributed by atoms with Crippen molar-refractivity contribution in [1.29, 1.82) is 0 Å². The quantitative estimate of drug-likeness (QED) is 0.894. The van der Waals surface area contributed by atoms with Crippen LogP contribution in [0, 0.1) is 0 Å². The average Bonchev–Trinajstić information content (AvgIpc) is 3.15. The SMILES string of the molecule is CN1CCC(Oc2ccccc2-c2n[nH]c(C3CCNCC3)n2)CC1. The molecule has 1 aromatic carbocycles. The molecule has 6 heteroatoms. The van der Waals surface area contributed by atoms with Gasteiger partial charge < -0.3 is 15.0 Å². The van der Waals surface area contributed by atoms with Gasteiger partial charge in [-0.2, -0.15) is 5.10 Å². The predicted octanol–water partition coefficient (Wildman–Crippen LogP) is 2.41. The van der Waals surface area contributed by atoms with Crippen molar-refractivity contribution < 1.29 is 4.74 Å². The van der Waals surface area contributed by atoms with Crippen LogP contribution in [0.5, 0.6) is 5.75 Å². The van der Waals surface area contributed by atoms with Gasteiger partial charge in [-0.15, -0.1) is 0 Å². The maximum absolute atomic E-state index is 6.31. The minimum atomic E-state index is 0.278. The molecule has 1 aromatic heterocycles. The highest BCUT2D eigenvalue weighted by molar-refractivity contribution is 5.63. The number of nitrogens with zero attached hydrogens (tertiary/aromatic N) is 3. The van der Waals surface area contributed by atoms with E-state index in [0.717, 1.165) is 74.8 Å². The summed E-state index contributed by atoms with van der Waals surface area (Å²) < 4.78 is 6.31. The molecule has 4 rings (SSSR count). The molecule has 6 nitrogen and oxygen atoms in total. The van der Waals surface area contributed by atoms with E-state index in [2.05, 4.69) is 33.5 Å². The van der Waals surface area contributed by atoms with E-state index in [9.17, 15) is 0 Å².